The summed E-state index contributed by atoms with van der Waals surface area (Å²) in [5.41, 5.74) is 0. The summed E-state index contributed by atoms with van der Waals surface area (Å²) in [5.74, 6) is 0.607. The van der Waals surface area contributed by atoms with Crippen molar-refractivity contribution in [2.45, 2.75) is 38.7 Å². The van der Waals surface area contributed by atoms with Gasteiger partial charge in [-0.3, -0.25) is 0 Å². The van der Waals surface area contributed by atoms with Gasteiger partial charge in [0.2, 0.25) is 0 Å². The van der Waals surface area contributed by atoms with Gasteiger partial charge in [0.15, 0.2) is 0 Å². The number of hydrogen-bond acceptors (Lipinski definition) is 3. The van der Waals surface area contributed by atoms with E-state index in [0.717, 1.165) is 32.4 Å². The second kappa shape index (κ2) is 5.53. The minimum atomic E-state index is -0.126. The lowest BCUT2D eigenvalue weighted by molar-refractivity contribution is -0.0134. The molecule has 0 aromatic carbocycles. The Morgan fingerprint density at radius 2 is 2.06 bits per heavy atom. The van der Waals surface area contributed by atoms with E-state index in [4.69, 9.17) is 9.47 Å². The number of ether oxygens (including phenoxy) is 2. The van der Waals surface area contributed by atoms with Crippen LogP contribution in [0.15, 0.2) is 0 Å². The number of amides is 1. The molecule has 2 aliphatic rings. The maximum absolute atomic E-state index is 11.9. The van der Waals surface area contributed by atoms with Gasteiger partial charge in [-0.25, -0.2) is 4.79 Å². The molecule has 0 radical (unpaired) electrons. The second-order valence-electron chi connectivity index (χ2n) is 4.89. The van der Waals surface area contributed by atoms with Gasteiger partial charge in [0.05, 0.1) is 13.2 Å². The Morgan fingerprint density at radius 1 is 1.31 bits per heavy atom. The van der Waals surface area contributed by atoms with Crippen LogP contribution >= 0.6 is 0 Å². The van der Waals surface area contributed by atoms with E-state index < -0.39 is 0 Å². The van der Waals surface area contributed by atoms with Crippen LogP contribution in [0.2, 0.25) is 0 Å². The van der Waals surface area contributed by atoms with E-state index in [9.17, 15) is 4.79 Å². The van der Waals surface area contributed by atoms with Crippen LogP contribution in [0.1, 0.15) is 32.6 Å². The summed E-state index contributed by atoms with van der Waals surface area (Å²) >= 11 is 0. The van der Waals surface area contributed by atoms with Crippen LogP contribution in [-0.2, 0) is 9.47 Å². The molecule has 2 aliphatic heterocycles. The molecule has 2 rings (SSSR count). The molecule has 0 aliphatic carbocycles. The van der Waals surface area contributed by atoms with Crippen LogP contribution in [0.5, 0.6) is 0 Å². The molecule has 0 saturated carbocycles. The molecule has 1 unspecified atom stereocenters. The van der Waals surface area contributed by atoms with Crippen LogP contribution in [-0.4, -0.2) is 43.4 Å². The van der Waals surface area contributed by atoms with Crippen LogP contribution < -0.4 is 0 Å². The largest absolute Gasteiger partial charge is 0.446 e. The van der Waals surface area contributed by atoms with Crippen molar-refractivity contribution in [1.29, 1.82) is 0 Å². The third kappa shape index (κ3) is 3.11. The lowest BCUT2D eigenvalue weighted by Gasteiger charge is -2.32. The first-order valence-corrected chi connectivity index (χ1v) is 6.29. The first kappa shape index (κ1) is 11.7. The molecule has 16 heavy (non-hydrogen) atoms. The molecular weight excluding hydrogens is 206 g/mol. The van der Waals surface area contributed by atoms with E-state index in [1.54, 1.807) is 0 Å². The number of carbonyl (C=O) groups is 1. The highest BCUT2D eigenvalue weighted by Crippen LogP contribution is 2.18. The molecule has 1 atom stereocenters. The zero-order chi connectivity index (χ0) is 11.4. The van der Waals surface area contributed by atoms with E-state index in [1.165, 1.54) is 6.42 Å². The zero-order valence-electron chi connectivity index (χ0n) is 9.98. The standard InChI is InChI=1S/C12H21NO3/c1-10-3-2-6-13(9-10)12(14)16-11-4-7-15-8-5-11/h10-11H,2-9H2,1H3. The van der Waals surface area contributed by atoms with Gasteiger partial charge in [-0.1, -0.05) is 6.92 Å². The topological polar surface area (TPSA) is 38.8 Å². The summed E-state index contributed by atoms with van der Waals surface area (Å²) in [7, 11) is 0. The van der Waals surface area contributed by atoms with Gasteiger partial charge in [-0.2, -0.15) is 0 Å². The van der Waals surface area contributed by atoms with Crippen molar-refractivity contribution >= 4 is 6.09 Å². The van der Waals surface area contributed by atoms with Gasteiger partial charge >= 0.3 is 6.09 Å². The lowest BCUT2D eigenvalue weighted by atomic mass is 10.0. The Hall–Kier alpha value is -0.770. The van der Waals surface area contributed by atoms with E-state index >= 15 is 0 Å². The van der Waals surface area contributed by atoms with Crippen molar-refractivity contribution in [3.8, 4) is 0 Å². The summed E-state index contributed by atoms with van der Waals surface area (Å²) in [4.78, 5) is 13.7. The first-order chi connectivity index (χ1) is 7.75. The highest BCUT2D eigenvalue weighted by atomic mass is 16.6. The van der Waals surface area contributed by atoms with E-state index in [0.29, 0.717) is 19.1 Å². The van der Waals surface area contributed by atoms with Crippen LogP contribution in [0.4, 0.5) is 4.79 Å². The zero-order valence-corrected chi connectivity index (χ0v) is 9.98. The van der Waals surface area contributed by atoms with Crippen molar-refractivity contribution in [2.75, 3.05) is 26.3 Å². The van der Waals surface area contributed by atoms with Crippen molar-refractivity contribution < 1.29 is 14.3 Å². The predicted molar refractivity (Wildman–Crippen MR) is 60.3 cm³/mol. The number of hydrogen-bond donors (Lipinski definition) is 0. The van der Waals surface area contributed by atoms with E-state index in [2.05, 4.69) is 6.92 Å². The summed E-state index contributed by atoms with van der Waals surface area (Å²) in [6, 6.07) is 0. The monoisotopic (exact) mass is 227 g/mol. The molecule has 0 aromatic rings. The Morgan fingerprint density at radius 3 is 2.75 bits per heavy atom. The molecule has 0 bridgehead atoms. The number of carbonyl (C=O) groups excluding carboxylic acids is 1. The molecule has 92 valence electrons. The van der Waals surface area contributed by atoms with E-state index in [-0.39, 0.29) is 12.2 Å². The fraction of sp³-hybridized carbons (Fsp3) is 0.917. The molecular formula is C12H21NO3. The summed E-state index contributed by atoms with van der Waals surface area (Å²) in [6.07, 6.45) is 3.95. The third-order valence-electron chi connectivity index (χ3n) is 3.35. The van der Waals surface area contributed by atoms with Gasteiger partial charge < -0.3 is 14.4 Å². The number of likely N-dealkylation sites (tertiary alicyclic amines) is 1. The highest BCUT2D eigenvalue weighted by molar-refractivity contribution is 5.67. The highest BCUT2D eigenvalue weighted by Gasteiger charge is 2.25. The van der Waals surface area contributed by atoms with Crippen LogP contribution in [0, 0.1) is 5.92 Å². The second-order valence-corrected chi connectivity index (χ2v) is 4.89. The Balaban J connectivity index is 1.77. The van der Waals surface area contributed by atoms with Gasteiger partial charge in [-0.05, 0) is 18.8 Å². The summed E-state index contributed by atoms with van der Waals surface area (Å²) in [5, 5.41) is 0. The van der Waals surface area contributed by atoms with Crippen molar-refractivity contribution in [3.05, 3.63) is 0 Å². The maximum Gasteiger partial charge on any atom is 0.410 e. The maximum atomic E-state index is 11.9. The fourth-order valence-electron chi connectivity index (χ4n) is 2.37. The molecule has 0 N–H and O–H groups in total. The lowest BCUT2D eigenvalue weighted by Crippen LogP contribution is -2.41. The minimum absolute atomic E-state index is 0.0680. The molecule has 0 aromatic heterocycles. The Bertz CT molecular complexity index is 238. The molecule has 2 heterocycles. The molecule has 2 fully saturated rings. The first-order valence-electron chi connectivity index (χ1n) is 6.29. The molecule has 1 amide bonds. The van der Waals surface area contributed by atoms with Gasteiger partial charge in [0, 0.05) is 25.9 Å². The molecule has 2 saturated heterocycles. The normalized spacial score (nSPS) is 27.8. The SMILES string of the molecule is CC1CCCN(C(=O)OC2CCOCC2)C1. The van der Waals surface area contributed by atoms with Gasteiger partial charge in [0.1, 0.15) is 6.10 Å². The summed E-state index contributed by atoms with van der Waals surface area (Å²) < 4.78 is 10.7. The fourth-order valence-corrected chi connectivity index (χ4v) is 2.37. The van der Waals surface area contributed by atoms with Crippen molar-refractivity contribution in [1.82, 2.24) is 4.90 Å². The predicted octanol–water partition coefficient (Wildman–Crippen LogP) is 2.03. The smallest absolute Gasteiger partial charge is 0.410 e. The van der Waals surface area contributed by atoms with Gasteiger partial charge in [0.25, 0.3) is 0 Å². The number of rotatable bonds is 1. The van der Waals surface area contributed by atoms with Crippen molar-refractivity contribution in [3.63, 3.8) is 0 Å². The van der Waals surface area contributed by atoms with Gasteiger partial charge in [-0.15, -0.1) is 0 Å². The number of nitrogens with zero attached hydrogens (tertiary/aromatic N) is 1. The average molecular weight is 227 g/mol. The van der Waals surface area contributed by atoms with Crippen LogP contribution in [0.3, 0.4) is 0 Å². The minimum Gasteiger partial charge on any atom is -0.446 e. The molecule has 0 spiro atoms. The van der Waals surface area contributed by atoms with Crippen LogP contribution in [0.25, 0.3) is 0 Å². The Labute approximate surface area is 96.9 Å². The molecule has 4 nitrogen and oxygen atoms in total. The number of piperidine rings is 1. The Kier molecular flexibility index (Phi) is 4.04. The third-order valence-corrected chi connectivity index (χ3v) is 3.35. The molecule has 4 heteroatoms. The van der Waals surface area contributed by atoms with Crippen molar-refractivity contribution in [2.24, 2.45) is 5.92 Å². The quantitative estimate of drug-likeness (QED) is 0.688. The van der Waals surface area contributed by atoms with E-state index in [1.807, 2.05) is 4.90 Å². The average Bonchev–Trinajstić information content (AvgIpc) is 2.30. The summed E-state index contributed by atoms with van der Waals surface area (Å²) in [6.45, 7) is 5.32.